The minimum absolute atomic E-state index is 0.134. The van der Waals surface area contributed by atoms with Gasteiger partial charge in [0.15, 0.2) is 11.6 Å². The first-order valence-corrected chi connectivity index (χ1v) is 11.1. The van der Waals surface area contributed by atoms with E-state index in [4.69, 9.17) is 9.72 Å². The molecule has 0 radical (unpaired) electrons. The molecular formula is C25H28FN3O3. The summed E-state index contributed by atoms with van der Waals surface area (Å²) in [7, 11) is 1.40. The maximum atomic E-state index is 14.2. The van der Waals surface area contributed by atoms with E-state index in [2.05, 4.69) is 17.2 Å². The van der Waals surface area contributed by atoms with Crippen molar-refractivity contribution in [3.63, 3.8) is 0 Å². The lowest BCUT2D eigenvalue weighted by Gasteiger charge is -2.15. The van der Waals surface area contributed by atoms with Crippen LogP contribution in [0.25, 0.3) is 0 Å². The van der Waals surface area contributed by atoms with Crippen molar-refractivity contribution in [1.82, 2.24) is 14.8 Å². The Morgan fingerprint density at radius 1 is 1.22 bits per heavy atom. The topological polar surface area (TPSA) is 77.2 Å². The fraction of sp³-hybridized carbons (Fsp3) is 0.400. The number of ether oxygens (including phenoxy) is 1. The lowest BCUT2D eigenvalue weighted by Crippen LogP contribution is -2.08. The van der Waals surface area contributed by atoms with E-state index in [1.165, 1.54) is 43.3 Å². The average Bonchev–Trinajstić information content (AvgIpc) is 3.26. The number of carboxylic acid groups (broad SMARTS) is 1. The van der Waals surface area contributed by atoms with Gasteiger partial charge in [0, 0.05) is 30.0 Å². The van der Waals surface area contributed by atoms with Gasteiger partial charge in [0.1, 0.15) is 0 Å². The number of halogens is 1. The zero-order valence-corrected chi connectivity index (χ0v) is 18.3. The van der Waals surface area contributed by atoms with Crippen LogP contribution in [0.5, 0.6) is 5.75 Å². The number of aliphatic carboxylic acids is 1. The minimum Gasteiger partial charge on any atom is -0.494 e. The molecule has 2 heterocycles. The fourth-order valence-corrected chi connectivity index (χ4v) is 4.37. The molecule has 168 valence electrons. The molecule has 1 aliphatic carbocycles. The smallest absolute Gasteiger partial charge is 0.304 e. The van der Waals surface area contributed by atoms with Crippen molar-refractivity contribution in [3.05, 3.63) is 76.6 Å². The van der Waals surface area contributed by atoms with Crippen molar-refractivity contribution >= 4 is 5.97 Å². The number of fused-ring (bicyclic) bond motifs is 1. The number of carbonyl (C=O) groups is 1. The highest BCUT2D eigenvalue weighted by molar-refractivity contribution is 5.69. The summed E-state index contributed by atoms with van der Waals surface area (Å²) in [5, 5.41) is 13.8. The van der Waals surface area contributed by atoms with Crippen LogP contribution in [0.3, 0.4) is 0 Å². The highest BCUT2D eigenvalue weighted by Gasteiger charge is 2.21. The minimum atomic E-state index is -0.947. The number of pyridine rings is 1. The molecule has 0 saturated heterocycles. The number of rotatable bonds is 9. The molecule has 1 N–H and O–H groups in total. The Kier molecular flexibility index (Phi) is 6.83. The van der Waals surface area contributed by atoms with E-state index in [0.717, 1.165) is 36.9 Å². The first kappa shape index (κ1) is 22.0. The number of benzene rings is 1. The number of nitrogens with zero attached hydrogens (tertiary/aromatic N) is 3. The van der Waals surface area contributed by atoms with Gasteiger partial charge in [0.05, 0.1) is 19.7 Å². The van der Waals surface area contributed by atoms with Crippen LogP contribution in [0.15, 0.2) is 42.7 Å². The molecule has 1 aliphatic rings. The molecule has 1 aromatic carbocycles. The van der Waals surface area contributed by atoms with Gasteiger partial charge in [-0.15, -0.1) is 0 Å². The highest BCUT2D eigenvalue weighted by Crippen LogP contribution is 2.31. The van der Waals surface area contributed by atoms with E-state index in [0.29, 0.717) is 12.1 Å². The zero-order valence-electron chi connectivity index (χ0n) is 18.3. The fourth-order valence-electron chi connectivity index (χ4n) is 4.37. The summed E-state index contributed by atoms with van der Waals surface area (Å²) in [5.74, 6) is -1.80. The third kappa shape index (κ3) is 5.15. The van der Waals surface area contributed by atoms with Gasteiger partial charge >= 0.3 is 5.97 Å². The van der Waals surface area contributed by atoms with Gasteiger partial charge in [-0.3, -0.25) is 14.5 Å². The van der Waals surface area contributed by atoms with E-state index in [1.807, 2.05) is 10.9 Å². The molecule has 6 nitrogen and oxygen atoms in total. The van der Waals surface area contributed by atoms with E-state index >= 15 is 0 Å². The quantitative estimate of drug-likeness (QED) is 0.532. The number of aryl methyl sites for hydroxylation is 4. The van der Waals surface area contributed by atoms with Gasteiger partial charge in [0.2, 0.25) is 0 Å². The second-order valence-corrected chi connectivity index (χ2v) is 8.30. The molecule has 0 saturated carbocycles. The monoisotopic (exact) mass is 437 g/mol. The first-order chi connectivity index (χ1) is 15.5. The zero-order chi connectivity index (χ0) is 22.5. The third-order valence-corrected chi connectivity index (χ3v) is 6.07. The molecule has 32 heavy (non-hydrogen) atoms. The van der Waals surface area contributed by atoms with Crippen molar-refractivity contribution in [1.29, 1.82) is 0 Å². The number of aromatic nitrogens is 3. The predicted molar refractivity (Wildman–Crippen MR) is 118 cm³/mol. The SMILES string of the molecule is COc1ccc(C(CC(=O)O)c2cnn(CCCc3ccc4c(n3)CCCC4)c2)cc1F. The van der Waals surface area contributed by atoms with Crippen LogP contribution < -0.4 is 4.74 Å². The molecular weight excluding hydrogens is 409 g/mol. The Morgan fingerprint density at radius 3 is 2.84 bits per heavy atom. The molecule has 1 atom stereocenters. The van der Waals surface area contributed by atoms with Crippen LogP contribution in [-0.2, 0) is 30.6 Å². The maximum Gasteiger partial charge on any atom is 0.304 e. The second kappa shape index (κ2) is 9.94. The van der Waals surface area contributed by atoms with Crippen LogP contribution in [0, 0.1) is 5.82 Å². The number of methoxy groups -OCH3 is 1. The van der Waals surface area contributed by atoms with Gasteiger partial charge < -0.3 is 9.84 Å². The largest absolute Gasteiger partial charge is 0.494 e. The van der Waals surface area contributed by atoms with Gasteiger partial charge in [-0.2, -0.15) is 5.10 Å². The van der Waals surface area contributed by atoms with Crippen LogP contribution in [0.4, 0.5) is 4.39 Å². The Balaban J connectivity index is 1.42. The van der Waals surface area contributed by atoms with Crippen molar-refractivity contribution in [2.24, 2.45) is 0 Å². The van der Waals surface area contributed by atoms with E-state index < -0.39 is 17.7 Å². The Morgan fingerprint density at radius 2 is 2.06 bits per heavy atom. The molecule has 0 spiro atoms. The summed E-state index contributed by atoms with van der Waals surface area (Å²) >= 11 is 0. The van der Waals surface area contributed by atoms with Crippen molar-refractivity contribution in [2.75, 3.05) is 7.11 Å². The summed E-state index contributed by atoms with van der Waals surface area (Å²) in [4.78, 5) is 16.3. The first-order valence-electron chi connectivity index (χ1n) is 11.1. The number of hydrogen-bond donors (Lipinski definition) is 1. The van der Waals surface area contributed by atoms with Gasteiger partial charge in [-0.05, 0) is 73.4 Å². The van der Waals surface area contributed by atoms with Crippen LogP contribution in [0.2, 0.25) is 0 Å². The Bertz CT molecular complexity index is 1100. The van der Waals surface area contributed by atoms with E-state index in [-0.39, 0.29) is 12.2 Å². The Hall–Kier alpha value is -3.22. The summed E-state index contributed by atoms with van der Waals surface area (Å²) < 4.78 is 21.0. The van der Waals surface area contributed by atoms with Crippen LogP contribution >= 0.6 is 0 Å². The number of carboxylic acids is 1. The van der Waals surface area contributed by atoms with Crippen LogP contribution in [0.1, 0.15) is 59.7 Å². The second-order valence-electron chi connectivity index (χ2n) is 8.30. The predicted octanol–water partition coefficient (Wildman–Crippen LogP) is 4.54. The van der Waals surface area contributed by atoms with Crippen molar-refractivity contribution < 1.29 is 19.0 Å². The van der Waals surface area contributed by atoms with Gasteiger partial charge in [0.25, 0.3) is 0 Å². The molecule has 0 fully saturated rings. The molecule has 1 unspecified atom stereocenters. The summed E-state index contributed by atoms with van der Waals surface area (Å²) in [6.45, 7) is 0.704. The Labute approximate surface area is 187 Å². The van der Waals surface area contributed by atoms with Gasteiger partial charge in [-0.1, -0.05) is 12.1 Å². The van der Waals surface area contributed by atoms with E-state index in [1.54, 1.807) is 12.3 Å². The maximum absolute atomic E-state index is 14.2. The molecule has 0 aliphatic heterocycles. The normalized spacial score (nSPS) is 14.1. The van der Waals surface area contributed by atoms with Crippen molar-refractivity contribution in [3.8, 4) is 5.75 Å². The lowest BCUT2D eigenvalue weighted by atomic mass is 9.90. The van der Waals surface area contributed by atoms with E-state index in [9.17, 15) is 14.3 Å². The standard InChI is InChI=1S/C25H28FN3O3/c1-32-24-11-9-18(13-22(24)26)21(14-25(30)31)19-15-27-29(16-19)12-4-6-20-10-8-17-5-2-3-7-23(17)28-20/h8-11,13,15-16,21H,2-7,12,14H2,1H3,(H,30,31). The van der Waals surface area contributed by atoms with Gasteiger partial charge in [-0.25, -0.2) is 4.39 Å². The lowest BCUT2D eigenvalue weighted by molar-refractivity contribution is -0.137. The molecule has 3 aromatic rings. The summed E-state index contributed by atoms with van der Waals surface area (Å²) in [5.41, 5.74) is 5.08. The number of hydrogen-bond acceptors (Lipinski definition) is 4. The molecule has 4 rings (SSSR count). The highest BCUT2D eigenvalue weighted by atomic mass is 19.1. The summed E-state index contributed by atoms with van der Waals surface area (Å²) in [6, 6.07) is 8.91. The average molecular weight is 438 g/mol. The molecule has 7 heteroatoms. The van der Waals surface area contributed by atoms with Crippen LogP contribution in [-0.4, -0.2) is 33.0 Å². The van der Waals surface area contributed by atoms with Crippen molar-refractivity contribution in [2.45, 2.75) is 57.4 Å². The third-order valence-electron chi connectivity index (χ3n) is 6.07. The molecule has 2 aromatic heterocycles. The molecule has 0 bridgehead atoms. The molecule has 0 amide bonds. The summed E-state index contributed by atoms with van der Waals surface area (Å²) in [6.07, 6.45) is 9.81.